The van der Waals surface area contributed by atoms with E-state index in [1.807, 2.05) is 43.3 Å². The molecule has 2 rings (SSSR count). The molecule has 3 nitrogen and oxygen atoms in total. The van der Waals surface area contributed by atoms with E-state index in [4.69, 9.17) is 0 Å². The molecule has 0 saturated carbocycles. The molecule has 0 saturated heterocycles. The van der Waals surface area contributed by atoms with E-state index in [1.165, 1.54) is 10.9 Å². The van der Waals surface area contributed by atoms with Gasteiger partial charge in [-0.3, -0.25) is 5.04 Å². The number of rotatable bonds is 3. The van der Waals surface area contributed by atoms with E-state index in [0.29, 0.717) is 0 Å². The summed E-state index contributed by atoms with van der Waals surface area (Å²) in [5.41, 5.74) is 1.19. The molecule has 0 aliphatic carbocycles. The molecule has 0 atom stereocenters. The molecular weight excluding hydrogens is 235 g/mol. The zero-order valence-electron chi connectivity index (χ0n) is 9.10. The number of fused-ring (bicyclic) bond motifs is 1. The van der Waals surface area contributed by atoms with Crippen molar-refractivity contribution in [3.63, 3.8) is 0 Å². The molecule has 0 aliphatic heterocycles. The van der Waals surface area contributed by atoms with Crippen LogP contribution in [0.15, 0.2) is 41.3 Å². The summed E-state index contributed by atoms with van der Waals surface area (Å²) in [5, 5.41) is 15.3. The van der Waals surface area contributed by atoms with E-state index >= 15 is 0 Å². The number of hydrogen-bond donors (Lipinski definition) is 0. The Labute approximate surface area is 120 Å². The van der Waals surface area contributed by atoms with Gasteiger partial charge in [0, 0.05) is 4.90 Å². The van der Waals surface area contributed by atoms with Crippen LogP contribution in [0.2, 0.25) is 0 Å². The summed E-state index contributed by atoms with van der Waals surface area (Å²) in [6, 6.07) is 11.9. The largest absolute Gasteiger partial charge is 1.00 e. The van der Waals surface area contributed by atoms with Gasteiger partial charge in [0.25, 0.3) is 0 Å². The van der Waals surface area contributed by atoms with Crippen LogP contribution < -0.4 is 34.8 Å². The molecule has 0 heterocycles. The second-order valence-electron chi connectivity index (χ2n) is 3.18. The molecule has 2 aromatic carbocycles. The van der Waals surface area contributed by atoms with Gasteiger partial charge in [-0.15, -0.1) is 0 Å². The van der Waals surface area contributed by atoms with E-state index < -0.39 is 0 Å². The van der Waals surface area contributed by atoms with Gasteiger partial charge in [0.05, 0.1) is 12.0 Å². The van der Waals surface area contributed by atoms with Crippen LogP contribution in [-0.4, -0.2) is 0 Å². The van der Waals surface area contributed by atoms with Gasteiger partial charge in [-0.05, 0) is 35.4 Å². The first-order valence-corrected chi connectivity index (χ1v) is 5.18. The topological polar surface area (TPSA) is 41.5 Å². The van der Waals surface area contributed by atoms with Gasteiger partial charge >= 0.3 is 29.6 Å². The van der Waals surface area contributed by atoms with Gasteiger partial charge in [0.15, 0.2) is 0 Å². The quantitative estimate of drug-likeness (QED) is 0.312. The maximum Gasteiger partial charge on any atom is 1.00 e. The van der Waals surface area contributed by atoms with Crippen LogP contribution in [0.1, 0.15) is 5.56 Å². The van der Waals surface area contributed by atoms with Crippen molar-refractivity contribution in [3.8, 4) is 0 Å². The number of hydrogen-bond acceptors (Lipinski definition) is 4. The molecule has 78 valence electrons. The van der Waals surface area contributed by atoms with Crippen molar-refractivity contribution in [2.75, 3.05) is 0 Å². The number of aryl methyl sites for hydroxylation is 1. The maximum atomic E-state index is 9.69. The monoisotopic (exact) mass is 244 g/mol. The average Bonchev–Trinajstić information content (AvgIpc) is 2.27. The summed E-state index contributed by atoms with van der Waals surface area (Å²) in [4.78, 5) is 0.840. The second kappa shape index (κ2) is 6.61. The molecule has 0 fully saturated rings. The summed E-state index contributed by atoms with van der Waals surface area (Å²) in [7, 11) is 0. The fraction of sp³-hybridized carbons (Fsp3) is 0.0909. The minimum absolute atomic E-state index is 0. The molecule has 2 aromatic rings. The Morgan fingerprint density at radius 3 is 2.75 bits per heavy atom. The smallest absolute Gasteiger partial charge is 0.691 e. The number of benzene rings is 2. The van der Waals surface area contributed by atoms with Crippen molar-refractivity contribution in [2.45, 2.75) is 11.8 Å². The van der Waals surface area contributed by atoms with Crippen molar-refractivity contribution in [1.29, 1.82) is 0 Å². The van der Waals surface area contributed by atoms with E-state index in [0.717, 1.165) is 22.3 Å². The Kier molecular flexibility index (Phi) is 5.78. The minimum Gasteiger partial charge on any atom is -0.691 e. The van der Waals surface area contributed by atoms with Gasteiger partial charge in [0.2, 0.25) is 0 Å². The summed E-state index contributed by atoms with van der Waals surface area (Å²) in [6.45, 7) is 2.04. The van der Waals surface area contributed by atoms with Gasteiger partial charge in [-0.25, -0.2) is 0 Å². The second-order valence-corrected chi connectivity index (χ2v) is 3.95. The van der Waals surface area contributed by atoms with Gasteiger partial charge in [0.1, 0.15) is 0 Å². The third kappa shape index (κ3) is 3.21. The molecule has 0 aliphatic rings. The Hall–Kier alpha value is -0.0700. The Morgan fingerprint density at radius 2 is 2.00 bits per heavy atom. The molecule has 0 N–H and O–H groups in total. The molecule has 0 unspecified atom stereocenters. The molecule has 16 heavy (non-hydrogen) atoms. The SMILES string of the molecule is Cc1cccc2ccc(SOO[O-])cc12.[Na+]. The van der Waals surface area contributed by atoms with Crippen LogP contribution in [0.3, 0.4) is 0 Å². The third-order valence-corrected chi connectivity index (χ3v) is 2.80. The van der Waals surface area contributed by atoms with E-state index in [1.54, 1.807) is 0 Å². The van der Waals surface area contributed by atoms with Gasteiger partial charge in [-0.1, -0.05) is 24.3 Å². The molecule has 0 radical (unpaired) electrons. The maximum absolute atomic E-state index is 9.69. The van der Waals surface area contributed by atoms with Crippen LogP contribution >= 0.6 is 12.0 Å². The Morgan fingerprint density at radius 1 is 1.19 bits per heavy atom. The predicted molar refractivity (Wildman–Crippen MR) is 56.7 cm³/mol. The van der Waals surface area contributed by atoms with E-state index in [-0.39, 0.29) is 29.6 Å². The summed E-state index contributed by atoms with van der Waals surface area (Å²) in [6.07, 6.45) is 0. The van der Waals surface area contributed by atoms with Gasteiger partial charge < -0.3 is 5.26 Å². The zero-order chi connectivity index (χ0) is 10.7. The third-order valence-electron chi connectivity index (χ3n) is 2.23. The van der Waals surface area contributed by atoms with Crippen LogP contribution in [0.5, 0.6) is 0 Å². The molecule has 0 bridgehead atoms. The molecular formula is C11H9NaO3S. The first-order valence-electron chi connectivity index (χ1n) is 4.44. The molecule has 5 heteroatoms. The fourth-order valence-corrected chi connectivity index (χ4v) is 1.91. The van der Waals surface area contributed by atoms with Crippen LogP contribution in [-0.2, 0) is 9.37 Å². The minimum atomic E-state index is 0. The summed E-state index contributed by atoms with van der Waals surface area (Å²) in [5.74, 6) is 0. The zero-order valence-corrected chi connectivity index (χ0v) is 11.9. The fourth-order valence-electron chi connectivity index (χ4n) is 1.51. The first kappa shape index (κ1) is 14.0. The molecule has 0 amide bonds. The Bertz CT molecular complexity index is 476. The summed E-state index contributed by atoms with van der Waals surface area (Å²) < 4.78 is 4.27. The van der Waals surface area contributed by atoms with Crippen molar-refractivity contribution < 1.29 is 44.2 Å². The van der Waals surface area contributed by atoms with Crippen molar-refractivity contribution in [1.82, 2.24) is 0 Å². The average molecular weight is 244 g/mol. The van der Waals surface area contributed by atoms with E-state index in [9.17, 15) is 5.26 Å². The Balaban J connectivity index is 0.00000128. The molecule has 0 spiro atoms. The van der Waals surface area contributed by atoms with E-state index in [2.05, 4.69) is 9.37 Å². The predicted octanol–water partition coefficient (Wildman–Crippen LogP) is -0.617. The standard InChI is InChI=1S/C11H10O3S.Na/c1-8-3-2-4-9-5-6-10(7-11(8)9)15-14-13-12;/h2-7,12H,1H3;/q;+1/p-1. The van der Waals surface area contributed by atoms with Crippen LogP contribution in [0.4, 0.5) is 0 Å². The molecule has 0 aromatic heterocycles. The van der Waals surface area contributed by atoms with Crippen molar-refractivity contribution in [2.24, 2.45) is 0 Å². The normalized spacial score (nSPS) is 10.1. The van der Waals surface area contributed by atoms with Crippen molar-refractivity contribution in [3.05, 3.63) is 42.0 Å². The van der Waals surface area contributed by atoms with Crippen LogP contribution in [0.25, 0.3) is 10.8 Å². The van der Waals surface area contributed by atoms with Crippen LogP contribution in [0, 0.1) is 6.92 Å². The first-order chi connectivity index (χ1) is 7.31. The van der Waals surface area contributed by atoms with Gasteiger partial charge in [-0.2, -0.15) is 4.33 Å². The van der Waals surface area contributed by atoms with Crippen molar-refractivity contribution >= 4 is 22.8 Å². The summed E-state index contributed by atoms with van der Waals surface area (Å²) >= 11 is 0.909.